The first kappa shape index (κ1) is 12.8. The second-order valence-corrected chi connectivity index (χ2v) is 4.50. The summed E-state index contributed by atoms with van der Waals surface area (Å²) in [5.41, 5.74) is 3.79. The topological polar surface area (TPSA) is 38.0 Å². The summed E-state index contributed by atoms with van der Waals surface area (Å²) in [7, 11) is 0. The van der Waals surface area contributed by atoms with Crippen molar-refractivity contribution in [3.8, 4) is 0 Å². The van der Waals surface area contributed by atoms with E-state index in [1.807, 2.05) is 13.8 Å². The van der Waals surface area contributed by atoms with Gasteiger partial charge >= 0.3 is 6.18 Å². The Kier molecular flexibility index (Phi) is 3.36. The van der Waals surface area contributed by atoms with Gasteiger partial charge in [0, 0.05) is 12.1 Å². The molecule has 5 heteroatoms. The van der Waals surface area contributed by atoms with Gasteiger partial charge in [-0.25, -0.2) is 0 Å². The average Bonchev–Trinajstić information content (AvgIpc) is 2.94. The molecule has 1 aliphatic carbocycles. The van der Waals surface area contributed by atoms with Gasteiger partial charge < -0.3 is 11.1 Å². The maximum absolute atomic E-state index is 12.6. The lowest BCUT2D eigenvalue weighted by atomic mass is 9.94. The van der Waals surface area contributed by atoms with Gasteiger partial charge in [0.15, 0.2) is 0 Å². The maximum atomic E-state index is 12.6. The van der Waals surface area contributed by atoms with E-state index >= 15 is 0 Å². The minimum atomic E-state index is -4.14. The highest BCUT2D eigenvalue weighted by atomic mass is 19.4. The van der Waals surface area contributed by atoms with Crippen molar-refractivity contribution in [2.75, 3.05) is 6.54 Å². The molecule has 0 aliphatic heterocycles. The number of nitrogens with one attached hydrogen (secondary N) is 1. The van der Waals surface area contributed by atoms with E-state index in [0.717, 1.165) is 0 Å². The molecule has 1 rings (SSSR count). The number of hydrogen-bond donors (Lipinski definition) is 2. The van der Waals surface area contributed by atoms with E-state index in [4.69, 9.17) is 5.73 Å². The van der Waals surface area contributed by atoms with Crippen molar-refractivity contribution in [2.24, 2.45) is 5.73 Å². The molecule has 0 radical (unpaired) electrons. The summed E-state index contributed by atoms with van der Waals surface area (Å²) < 4.78 is 37.7. The number of nitrogens with two attached hydrogens (primary N) is 1. The molecule has 3 N–H and O–H groups in total. The van der Waals surface area contributed by atoms with Crippen LogP contribution in [0.2, 0.25) is 0 Å². The molecule has 0 bridgehead atoms. The normalized spacial score (nSPS) is 20.4. The third kappa shape index (κ3) is 2.64. The molecule has 15 heavy (non-hydrogen) atoms. The van der Waals surface area contributed by atoms with Crippen molar-refractivity contribution in [1.82, 2.24) is 5.32 Å². The summed E-state index contributed by atoms with van der Waals surface area (Å²) in [5, 5.41) is 2.60. The lowest BCUT2D eigenvalue weighted by Gasteiger charge is -2.30. The zero-order valence-corrected chi connectivity index (χ0v) is 9.25. The Morgan fingerprint density at radius 3 is 1.93 bits per heavy atom. The first-order valence-corrected chi connectivity index (χ1v) is 5.39. The predicted octanol–water partition coefficient (Wildman–Crippen LogP) is 2.19. The second-order valence-electron chi connectivity index (χ2n) is 4.50. The molecule has 1 saturated carbocycles. The summed E-state index contributed by atoms with van der Waals surface area (Å²) in [5.74, 6) is 0. The molecule has 0 heterocycles. The number of halogens is 3. The van der Waals surface area contributed by atoms with Crippen LogP contribution in [0.5, 0.6) is 0 Å². The Labute approximate surface area is 88.4 Å². The van der Waals surface area contributed by atoms with E-state index in [0.29, 0.717) is 12.8 Å². The molecular weight excluding hydrogens is 205 g/mol. The molecule has 0 atom stereocenters. The molecule has 0 unspecified atom stereocenters. The van der Waals surface area contributed by atoms with Crippen LogP contribution < -0.4 is 11.1 Å². The highest BCUT2D eigenvalue weighted by Crippen LogP contribution is 2.49. The van der Waals surface area contributed by atoms with Gasteiger partial charge in [0.05, 0.1) is 0 Å². The van der Waals surface area contributed by atoms with Crippen LogP contribution in [-0.2, 0) is 0 Å². The number of alkyl halides is 3. The molecule has 1 fully saturated rings. The van der Waals surface area contributed by atoms with Crippen molar-refractivity contribution >= 4 is 0 Å². The van der Waals surface area contributed by atoms with Gasteiger partial charge in [-0.1, -0.05) is 13.8 Å². The number of rotatable bonds is 5. The van der Waals surface area contributed by atoms with Crippen LogP contribution in [0.25, 0.3) is 0 Å². The van der Waals surface area contributed by atoms with Gasteiger partial charge in [-0.2, -0.15) is 13.2 Å². The van der Waals surface area contributed by atoms with Crippen LogP contribution in [0.15, 0.2) is 0 Å². The lowest BCUT2D eigenvalue weighted by molar-refractivity contribution is -0.166. The van der Waals surface area contributed by atoms with Gasteiger partial charge in [0.1, 0.15) is 5.54 Å². The Balaban J connectivity index is 2.50. The molecule has 2 nitrogen and oxygen atoms in total. The highest BCUT2D eigenvalue weighted by molar-refractivity contribution is 5.09. The zero-order valence-electron chi connectivity index (χ0n) is 9.25. The monoisotopic (exact) mass is 224 g/mol. The fourth-order valence-corrected chi connectivity index (χ4v) is 1.53. The van der Waals surface area contributed by atoms with Crippen molar-refractivity contribution in [3.63, 3.8) is 0 Å². The van der Waals surface area contributed by atoms with E-state index in [9.17, 15) is 13.2 Å². The Hall–Kier alpha value is -0.290. The molecular formula is C10H19F3N2. The standard InChI is InChI=1S/C10H19F3N2/c1-3-8(14,4-2)7-15-9(5-6-9)10(11,12)13/h15H,3-7,14H2,1-2H3. The first-order chi connectivity index (χ1) is 6.79. The van der Waals surface area contributed by atoms with Crippen molar-refractivity contribution in [1.29, 1.82) is 0 Å². The Morgan fingerprint density at radius 2 is 1.67 bits per heavy atom. The van der Waals surface area contributed by atoms with Crippen LogP contribution in [0.4, 0.5) is 13.2 Å². The fourth-order valence-electron chi connectivity index (χ4n) is 1.53. The zero-order chi connectivity index (χ0) is 11.7. The van der Waals surface area contributed by atoms with Crippen molar-refractivity contribution < 1.29 is 13.2 Å². The van der Waals surface area contributed by atoms with E-state index in [-0.39, 0.29) is 19.4 Å². The summed E-state index contributed by atoms with van der Waals surface area (Å²) in [4.78, 5) is 0. The molecule has 0 amide bonds. The van der Waals surface area contributed by atoms with Crippen LogP contribution >= 0.6 is 0 Å². The van der Waals surface area contributed by atoms with Crippen LogP contribution in [0.3, 0.4) is 0 Å². The van der Waals surface area contributed by atoms with E-state index in [1.54, 1.807) is 0 Å². The molecule has 90 valence electrons. The van der Waals surface area contributed by atoms with Gasteiger partial charge in [-0.15, -0.1) is 0 Å². The van der Waals surface area contributed by atoms with E-state index < -0.39 is 17.3 Å². The summed E-state index contributed by atoms with van der Waals surface area (Å²) in [6, 6.07) is 0. The summed E-state index contributed by atoms with van der Waals surface area (Å²) in [6.45, 7) is 4.04. The summed E-state index contributed by atoms with van der Waals surface area (Å²) >= 11 is 0. The van der Waals surface area contributed by atoms with Crippen molar-refractivity contribution in [3.05, 3.63) is 0 Å². The first-order valence-electron chi connectivity index (χ1n) is 5.39. The van der Waals surface area contributed by atoms with Gasteiger partial charge in [-0.3, -0.25) is 0 Å². The summed E-state index contributed by atoms with van der Waals surface area (Å²) in [6.07, 6.45) is -2.41. The van der Waals surface area contributed by atoms with Gasteiger partial charge in [0.25, 0.3) is 0 Å². The average molecular weight is 224 g/mol. The minimum Gasteiger partial charge on any atom is -0.324 e. The predicted molar refractivity (Wildman–Crippen MR) is 53.5 cm³/mol. The second kappa shape index (κ2) is 3.94. The number of hydrogen-bond acceptors (Lipinski definition) is 2. The molecule has 0 aromatic heterocycles. The third-order valence-corrected chi connectivity index (χ3v) is 3.48. The largest absolute Gasteiger partial charge is 0.406 e. The SMILES string of the molecule is CCC(N)(CC)CNC1(C(F)(F)F)CC1. The van der Waals surface area contributed by atoms with E-state index in [1.165, 1.54) is 0 Å². The third-order valence-electron chi connectivity index (χ3n) is 3.48. The van der Waals surface area contributed by atoms with Gasteiger partial charge in [-0.05, 0) is 25.7 Å². The van der Waals surface area contributed by atoms with Crippen LogP contribution in [0.1, 0.15) is 39.5 Å². The van der Waals surface area contributed by atoms with Gasteiger partial charge in [0.2, 0.25) is 0 Å². The van der Waals surface area contributed by atoms with Crippen molar-refractivity contribution in [2.45, 2.75) is 56.8 Å². The van der Waals surface area contributed by atoms with Crippen LogP contribution in [0, 0.1) is 0 Å². The molecule has 0 aromatic rings. The minimum absolute atomic E-state index is 0.181. The van der Waals surface area contributed by atoms with E-state index in [2.05, 4.69) is 5.32 Å². The molecule has 0 aromatic carbocycles. The molecule has 0 spiro atoms. The molecule has 1 aliphatic rings. The fraction of sp³-hybridized carbons (Fsp3) is 1.00. The highest BCUT2D eigenvalue weighted by Gasteiger charge is 2.63. The Bertz CT molecular complexity index is 217. The Morgan fingerprint density at radius 1 is 1.20 bits per heavy atom. The maximum Gasteiger partial charge on any atom is 0.406 e. The van der Waals surface area contributed by atoms with Crippen LogP contribution in [-0.4, -0.2) is 23.8 Å². The molecule has 0 saturated heterocycles. The lowest BCUT2D eigenvalue weighted by Crippen LogP contribution is -2.55. The smallest absolute Gasteiger partial charge is 0.324 e. The quantitative estimate of drug-likeness (QED) is 0.751.